The van der Waals surface area contributed by atoms with E-state index < -0.39 is 30.6 Å². The molecule has 0 bridgehead atoms. The molecule has 0 spiro atoms. The van der Waals surface area contributed by atoms with Crippen LogP contribution in [0.25, 0.3) is 0 Å². The van der Waals surface area contributed by atoms with Gasteiger partial charge in [0.25, 0.3) is 10.1 Å². The Morgan fingerprint density at radius 3 is 2.03 bits per heavy atom. The molecule has 1 fully saturated rings. The molecule has 1 saturated carbocycles. The fourth-order valence-electron chi connectivity index (χ4n) is 3.95. The molecule has 1 aliphatic carbocycles. The van der Waals surface area contributed by atoms with Crippen LogP contribution in [0, 0.1) is 6.92 Å². The maximum absolute atomic E-state index is 11.6. The van der Waals surface area contributed by atoms with Crippen molar-refractivity contribution in [3.8, 4) is 11.5 Å². The number of hydrogen-bond acceptors (Lipinski definition) is 6. The number of hydrogen-bond donors (Lipinski definition) is 1. The zero-order chi connectivity index (χ0) is 25.0. The van der Waals surface area contributed by atoms with Gasteiger partial charge in [0.1, 0.15) is 11.5 Å². The zero-order valence-electron chi connectivity index (χ0n) is 21.4. The van der Waals surface area contributed by atoms with Gasteiger partial charge in [-0.3, -0.25) is 4.55 Å². The van der Waals surface area contributed by atoms with Crippen molar-refractivity contribution in [2.45, 2.75) is 96.2 Å². The van der Waals surface area contributed by atoms with Gasteiger partial charge in [0.15, 0.2) is 8.32 Å². The van der Waals surface area contributed by atoms with Crippen molar-refractivity contribution in [2.75, 3.05) is 20.0 Å². The molecule has 9 heteroatoms. The minimum absolute atomic E-state index is 0.0520. The minimum atomic E-state index is -4.15. The summed E-state index contributed by atoms with van der Waals surface area (Å²) >= 11 is 0. The largest absolute Gasteiger partial charge is 0.496 e. The monoisotopic (exact) mass is 502 g/mol. The van der Waals surface area contributed by atoms with Gasteiger partial charge in [-0.15, -0.1) is 0 Å². The SMILES string of the molecule is COc1cc([C@@H](O[Si](C)(C)C(C)(C)C)[C@H](CCS(=O)(=O)O)OC2CCCC2)cc(OC)c1C. The van der Waals surface area contributed by atoms with Gasteiger partial charge in [0.2, 0.25) is 0 Å². The molecular weight excluding hydrogens is 460 g/mol. The Labute approximate surface area is 201 Å². The van der Waals surface area contributed by atoms with Gasteiger partial charge in [-0.25, -0.2) is 0 Å². The zero-order valence-corrected chi connectivity index (χ0v) is 23.3. The van der Waals surface area contributed by atoms with Gasteiger partial charge in [0, 0.05) is 5.56 Å². The van der Waals surface area contributed by atoms with Crippen LogP contribution in [0.2, 0.25) is 18.1 Å². The third kappa shape index (κ3) is 7.68. The Morgan fingerprint density at radius 1 is 1.09 bits per heavy atom. The molecule has 2 atom stereocenters. The Kier molecular flexibility index (Phi) is 9.43. The van der Waals surface area contributed by atoms with Crippen molar-refractivity contribution >= 4 is 18.4 Å². The lowest BCUT2D eigenvalue weighted by Gasteiger charge is -2.42. The van der Waals surface area contributed by atoms with Gasteiger partial charge in [0.05, 0.1) is 38.3 Å². The maximum Gasteiger partial charge on any atom is 0.264 e. The van der Waals surface area contributed by atoms with Crippen LogP contribution >= 0.6 is 0 Å². The summed E-state index contributed by atoms with van der Waals surface area (Å²) in [4.78, 5) is 0. The van der Waals surface area contributed by atoms with Crippen molar-refractivity contribution in [3.05, 3.63) is 23.3 Å². The maximum atomic E-state index is 11.6. The van der Waals surface area contributed by atoms with E-state index in [0.29, 0.717) is 11.5 Å². The molecule has 0 amide bonds. The summed E-state index contributed by atoms with van der Waals surface area (Å²) in [5, 5.41) is -0.0644. The van der Waals surface area contributed by atoms with Gasteiger partial charge in [-0.1, -0.05) is 33.6 Å². The molecule has 0 aliphatic heterocycles. The van der Waals surface area contributed by atoms with Crippen LogP contribution in [-0.2, 0) is 19.3 Å². The third-order valence-corrected chi connectivity index (χ3v) is 12.2. The highest BCUT2D eigenvalue weighted by Gasteiger charge is 2.42. The lowest BCUT2D eigenvalue weighted by Crippen LogP contribution is -2.45. The molecule has 0 aromatic heterocycles. The van der Waals surface area contributed by atoms with E-state index in [1.54, 1.807) is 14.2 Å². The quantitative estimate of drug-likeness (QED) is 0.307. The fourth-order valence-corrected chi connectivity index (χ4v) is 5.76. The predicted molar refractivity (Wildman–Crippen MR) is 133 cm³/mol. The topological polar surface area (TPSA) is 91.3 Å². The van der Waals surface area contributed by atoms with E-state index in [-0.39, 0.29) is 23.3 Å². The lowest BCUT2D eigenvalue weighted by molar-refractivity contribution is -0.0721. The Hall–Kier alpha value is -1.13. The summed E-state index contributed by atoms with van der Waals surface area (Å²) in [6, 6.07) is 3.85. The molecule has 33 heavy (non-hydrogen) atoms. The van der Waals surface area contributed by atoms with E-state index in [4.69, 9.17) is 18.6 Å². The first-order valence-corrected chi connectivity index (χ1v) is 16.2. The molecule has 0 unspecified atom stereocenters. The highest BCUT2D eigenvalue weighted by molar-refractivity contribution is 7.85. The average Bonchev–Trinajstić information content (AvgIpc) is 3.21. The second-order valence-corrected chi connectivity index (χ2v) is 16.8. The van der Waals surface area contributed by atoms with Gasteiger partial charge in [-0.2, -0.15) is 8.42 Å². The summed E-state index contributed by atoms with van der Waals surface area (Å²) in [6.07, 6.45) is 3.18. The van der Waals surface area contributed by atoms with Gasteiger partial charge >= 0.3 is 0 Å². The fraction of sp³-hybridized carbons (Fsp3) is 0.750. The smallest absolute Gasteiger partial charge is 0.264 e. The van der Waals surface area contributed by atoms with Gasteiger partial charge < -0.3 is 18.6 Å². The molecule has 7 nitrogen and oxygen atoms in total. The molecule has 1 aromatic carbocycles. The highest BCUT2D eigenvalue weighted by atomic mass is 32.2. The van der Waals surface area contributed by atoms with E-state index in [9.17, 15) is 13.0 Å². The Morgan fingerprint density at radius 2 is 1.61 bits per heavy atom. The van der Waals surface area contributed by atoms with E-state index in [0.717, 1.165) is 36.8 Å². The first kappa shape index (κ1) is 28.1. The molecule has 190 valence electrons. The summed E-state index contributed by atoms with van der Waals surface area (Å²) in [6.45, 7) is 12.7. The van der Waals surface area contributed by atoms with E-state index in [2.05, 4.69) is 33.9 Å². The van der Waals surface area contributed by atoms with Crippen molar-refractivity contribution in [1.29, 1.82) is 0 Å². The molecule has 1 aromatic rings. The molecular formula is C24H42O7SSi. The second-order valence-electron chi connectivity index (χ2n) is 10.5. The van der Waals surface area contributed by atoms with Crippen molar-refractivity contribution in [2.24, 2.45) is 0 Å². The number of ether oxygens (including phenoxy) is 3. The predicted octanol–water partition coefficient (Wildman–Crippen LogP) is 5.68. The van der Waals surface area contributed by atoms with Crippen molar-refractivity contribution in [1.82, 2.24) is 0 Å². The highest BCUT2D eigenvalue weighted by Crippen LogP contribution is 2.44. The normalized spacial score (nSPS) is 17.7. The van der Waals surface area contributed by atoms with Crippen LogP contribution in [0.5, 0.6) is 11.5 Å². The first-order valence-electron chi connectivity index (χ1n) is 11.7. The Balaban J connectivity index is 2.58. The third-order valence-electron chi connectivity index (χ3n) is 7.00. The summed E-state index contributed by atoms with van der Waals surface area (Å²) < 4.78 is 57.4. The Bertz CT molecular complexity index is 862. The number of benzene rings is 1. The molecule has 2 rings (SSSR count). The molecule has 1 aliphatic rings. The molecule has 0 saturated heterocycles. The van der Waals surface area contributed by atoms with Crippen LogP contribution < -0.4 is 9.47 Å². The average molecular weight is 503 g/mol. The van der Waals surface area contributed by atoms with Crippen molar-refractivity contribution < 1.29 is 31.6 Å². The summed E-state index contributed by atoms with van der Waals surface area (Å²) in [5.74, 6) is 0.951. The van der Waals surface area contributed by atoms with Crippen LogP contribution in [0.4, 0.5) is 0 Å². The van der Waals surface area contributed by atoms with Crippen LogP contribution in [0.1, 0.15) is 70.1 Å². The molecule has 1 N–H and O–H groups in total. The number of rotatable bonds is 11. The lowest BCUT2D eigenvalue weighted by atomic mass is 9.99. The molecule has 0 heterocycles. The summed E-state index contributed by atoms with van der Waals surface area (Å²) in [7, 11) is -3.21. The summed E-state index contributed by atoms with van der Waals surface area (Å²) in [5.41, 5.74) is 1.69. The first-order chi connectivity index (χ1) is 15.2. The minimum Gasteiger partial charge on any atom is -0.496 e. The van der Waals surface area contributed by atoms with E-state index in [1.165, 1.54) is 0 Å². The molecule has 0 radical (unpaired) electrons. The second kappa shape index (κ2) is 11.1. The number of methoxy groups -OCH3 is 2. The van der Waals surface area contributed by atoms with Crippen LogP contribution in [0.3, 0.4) is 0 Å². The van der Waals surface area contributed by atoms with Crippen LogP contribution in [-0.4, -0.2) is 53.5 Å². The van der Waals surface area contributed by atoms with Crippen molar-refractivity contribution in [3.63, 3.8) is 0 Å². The van der Waals surface area contributed by atoms with Gasteiger partial charge in [-0.05, 0) is 62.0 Å². The van der Waals surface area contributed by atoms with E-state index in [1.807, 2.05) is 19.1 Å². The van der Waals surface area contributed by atoms with E-state index >= 15 is 0 Å². The van der Waals surface area contributed by atoms with Crippen LogP contribution in [0.15, 0.2) is 12.1 Å². The standard InChI is InChI=1S/C24H42O7SSi/c1-17-21(28-5)15-18(16-22(17)29-6)23(31-33(7,8)24(2,3)4)20(13-14-32(25,26)27)30-19-11-9-10-12-19/h15-16,19-20,23H,9-14H2,1-8H3,(H,25,26,27)/t20-,23+/m0/s1.